The highest BCUT2D eigenvalue weighted by Gasteiger charge is 2.11. The first-order chi connectivity index (χ1) is 10.8. The van der Waals surface area contributed by atoms with Gasteiger partial charge in [0.25, 0.3) is 0 Å². The van der Waals surface area contributed by atoms with Gasteiger partial charge >= 0.3 is 5.97 Å². The molecule has 1 rings (SSSR count). The Labute approximate surface area is 149 Å². The van der Waals surface area contributed by atoms with Gasteiger partial charge < -0.3 is 15.2 Å². The molecule has 0 unspecified atom stereocenters. The summed E-state index contributed by atoms with van der Waals surface area (Å²) in [4.78, 5) is 21.9. The van der Waals surface area contributed by atoms with E-state index < -0.39 is 5.97 Å². The highest BCUT2D eigenvalue weighted by molar-refractivity contribution is 9.10. The smallest absolute Gasteiger partial charge is 0.303 e. The standard InChI is InChI=1S/C16H21BrClNO4/c1-10-9-12(15(17)11(2)16(10)18)23-8-4-5-13(20)19-7-3-6-14(21)22/h9H,3-8H2,1-2H3,(H,19,20)(H,21,22). The monoisotopic (exact) mass is 405 g/mol. The Hall–Kier alpha value is -1.27. The van der Waals surface area contributed by atoms with Gasteiger partial charge in [-0.15, -0.1) is 0 Å². The van der Waals surface area contributed by atoms with Crippen molar-refractivity contribution in [1.29, 1.82) is 0 Å². The molecule has 23 heavy (non-hydrogen) atoms. The van der Waals surface area contributed by atoms with Crippen LogP contribution in [0, 0.1) is 13.8 Å². The summed E-state index contributed by atoms with van der Waals surface area (Å²) in [6.07, 6.45) is 1.43. The molecule has 0 atom stereocenters. The van der Waals surface area contributed by atoms with Gasteiger partial charge in [-0.1, -0.05) is 11.6 Å². The number of ether oxygens (including phenoxy) is 1. The number of carbonyl (C=O) groups excluding carboxylic acids is 1. The number of aryl methyl sites for hydroxylation is 1. The van der Waals surface area contributed by atoms with E-state index in [0.717, 1.165) is 15.6 Å². The van der Waals surface area contributed by atoms with E-state index in [9.17, 15) is 9.59 Å². The fourth-order valence-corrected chi connectivity index (χ4v) is 2.67. The zero-order valence-corrected chi connectivity index (χ0v) is 15.6. The zero-order chi connectivity index (χ0) is 17.4. The number of carboxylic acid groups (broad SMARTS) is 1. The molecule has 1 aromatic rings. The number of amides is 1. The predicted molar refractivity (Wildman–Crippen MR) is 93.2 cm³/mol. The fraction of sp³-hybridized carbons (Fsp3) is 0.500. The van der Waals surface area contributed by atoms with E-state index in [1.54, 1.807) is 0 Å². The predicted octanol–water partition coefficient (Wildman–Crippen LogP) is 3.86. The second kappa shape index (κ2) is 9.78. The average Bonchev–Trinajstić information content (AvgIpc) is 2.50. The van der Waals surface area contributed by atoms with Crippen LogP contribution in [0.5, 0.6) is 5.75 Å². The minimum atomic E-state index is -0.855. The van der Waals surface area contributed by atoms with Crippen LogP contribution in [0.1, 0.15) is 36.8 Å². The van der Waals surface area contributed by atoms with Gasteiger partial charge in [-0.3, -0.25) is 9.59 Å². The molecule has 0 spiro atoms. The molecule has 0 saturated carbocycles. The van der Waals surface area contributed by atoms with E-state index in [0.29, 0.717) is 43.2 Å². The van der Waals surface area contributed by atoms with Gasteiger partial charge in [0.05, 0.1) is 11.1 Å². The summed E-state index contributed by atoms with van der Waals surface area (Å²) in [6, 6.07) is 1.87. The Kier molecular flexibility index (Phi) is 8.41. The lowest BCUT2D eigenvalue weighted by atomic mass is 10.1. The Balaban J connectivity index is 2.30. The number of nitrogens with one attached hydrogen (secondary N) is 1. The Morgan fingerprint density at radius 1 is 1.30 bits per heavy atom. The van der Waals surface area contributed by atoms with Gasteiger partial charge in [0.2, 0.25) is 5.91 Å². The summed E-state index contributed by atoms with van der Waals surface area (Å²) in [5.74, 6) is -0.237. The van der Waals surface area contributed by atoms with Crippen LogP contribution >= 0.6 is 27.5 Å². The summed E-state index contributed by atoms with van der Waals surface area (Å²) in [5, 5.41) is 11.9. The van der Waals surface area contributed by atoms with Gasteiger partial charge in [-0.2, -0.15) is 0 Å². The molecule has 5 nitrogen and oxygen atoms in total. The average molecular weight is 407 g/mol. The molecular weight excluding hydrogens is 386 g/mol. The molecule has 0 aromatic heterocycles. The van der Waals surface area contributed by atoms with Crippen molar-refractivity contribution < 1.29 is 19.4 Å². The molecule has 0 aliphatic rings. The highest BCUT2D eigenvalue weighted by Crippen LogP contribution is 2.35. The summed E-state index contributed by atoms with van der Waals surface area (Å²) in [5.41, 5.74) is 1.87. The van der Waals surface area contributed by atoms with Gasteiger partial charge in [-0.05, 0) is 59.8 Å². The van der Waals surface area contributed by atoms with Crippen molar-refractivity contribution in [2.75, 3.05) is 13.2 Å². The number of aliphatic carboxylic acids is 1. The number of carbonyl (C=O) groups is 2. The number of hydrogen-bond donors (Lipinski definition) is 2. The lowest BCUT2D eigenvalue weighted by molar-refractivity contribution is -0.137. The van der Waals surface area contributed by atoms with Gasteiger partial charge in [0.1, 0.15) is 5.75 Å². The third-order valence-corrected chi connectivity index (χ3v) is 4.83. The largest absolute Gasteiger partial charge is 0.492 e. The van der Waals surface area contributed by atoms with E-state index >= 15 is 0 Å². The van der Waals surface area contributed by atoms with Gasteiger partial charge in [-0.25, -0.2) is 0 Å². The Bertz CT molecular complexity index is 578. The van der Waals surface area contributed by atoms with E-state index in [4.69, 9.17) is 21.4 Å². The van der Waals surface area contributed by atoms with E-state index in [-0.39, 0.29) is 12.3 Å². The van der Waals surface area contributed by atoms with Gasteiger partial charge in [0.15, 0.2) is 0 Å². The van der Waals surface area contributed by atoms with Crippen LogP contribution < -0.4 is 10.1 Å². The van der Waals surface area contributed by atoms with Crippen LogP contribution in [0.4, 0.5) is 0 Å². The molecule has 128 valence electrons. The van der Waals surface area contributed by atoms with Crippen molar-refractivity contribution in [3.63, 3.8) is 0 Å². The number of benzene rings is 1. The maximum Gasteiger partial charge on any atom is 0.303 e. The first kappa shape index (κ1) is 19.8. The van der Waals surface area contributed by atoms with Crippen molar-refractivity contribution >= 4 is 39.4 Å². The highest BCUT2D eigenvalue weighted by atomic mass is 79.9. The molecule has 2 N–H and O–H groups in total. The molecule has 0 bridgehead atoms. The number of halogens is 2. The summed E-state index contributed by atoms with van der Waals surface area (Å²) in [7, 11) is 0. The van der Waals surface area contributed by atoms with Crippen molar-refractivity contribution in [3.8, 4) is 5.75 Å². The molecule has 1 amide bonds. The third-order valence-electron chi connectivity index (χ3n) is 3.26. The molecule has 0 heterocycles. The topological polar surface area (TPSA) is 75.6 Å². The maximum absolute atomic E-state index is 11.6. The van der Waals surface area contributed by atoms with E-state index in [1.165, 1.54) is 0 Å². The summed E-state index contributed by atoms with van der Waals surface area (Å²) in [6.45, 7) is 4.63. The van der Waals surface area contributed by atoms with Crippen molar-refractivity contribution in [2.45, 2.75) is 39.5 Å². The lowest BCUT2D eigenvalue weighted by Gasteiger charge is -2.13. The Morgan fingerprint density at radius 2 is 2.00 bits per heavy atom. The SMILES string of the molecule is Cc1cc(OCCCC(=O)NCCCC(=O)O)c(Br)c(C)c1Cl. The van der Waals surface area contributed by atoms with Crippen molar-refractivity contribution in [2.24, 2.45) is 0 Å². The first-order valence-corrected chi connectivity index (χ1v) is 8.56. The minimum absolute atomic E-state index is 0.0622. The zero-order valence-electron chi connectivity index (χ0n) is 13.2. The molecule has 0 aliphatic heterocycles. The van der Waals surface area contributed by atoms with Crippen LogP contribution in [-0.2, 0) is 9.59 Å². The molecule has 0 saturated heterocycles. The molecule has 1 aromatic carbocycles. The Morgan fingerprint density at radius 3 is 2.65 bits per heavy atom. The fourth-order valence-electron chi connectivity index (χ4n) is 1.98. The quantitative estimate of drug-likeness (QED) is 0.611. The molecule has 0 radical (unpaired) electrons. The number of hydrogen-bond acceptors (Lipinski definition) is 3. The summed E-state index contributed by atoms with van der Waals surface area (Å²) >= 11 is 9.63. The summed E-state index contributed by atoms with van der Waals surface area (Å²) < 4.78 is 6.52. The van der Waals surface area contributed by atoms with Crippen LogP contribution in [0.2, 0.25) is 5.02 Å². The van der Waals surface area contributed by atoms with Crippen molar-refractivity contribution in [3.05, 3.63) is 26.7 Å². The van der Waals surface area contributed by atoms with Crippen molar-refractivity contribution in [1.82, 2.24) is 5.32 Å². The van der Waals surface area contributed by atoms with Crippen LogP contribution in [0.3, 0.4) is 0 Å². The first-order valence-electron chi connectivity index (χ1n) is 7.39. The van der Waals surface area contributed by atoms with Crippen LogP contribution in [0.25, 0.3) is 0 Å². The van der Waals surface area contributed by atoms with Crippen LogP contribution in [-0.4, -0.2) is 30.1 Å². The second-order valence-electron chi connectivity index (χ2n) is 5.24. The molecule has 0 fully saturated rings. The van der Waals surface area contributed by atoms with E-state index in [1.807, 2.05) is 19.9 Å². The van der Waals surface area contributed by atoms with Gasteiger partial charge in [0, 0.05) is 24.4 Å². The van der Waals surface area contributed by atoms with E-state index in [2.05, 4.69) is 21.2 Å². The number of carboxylic acids is 1. The third kappa shape index (κ3) is 6.79. The molecular formula is C16H21BrClNO4. The normalized spacial score (nSPS) is 10.4. The molecule has 7 heteroatoms. The minimum Gasteiger partial charge on any atom is -0.492 e. The number of rotatable bonds is 9. The maximum atomic E-state index is 11.6. The lowest BCUT2D eigenvalue weighted by Crippen LogP contribution is -2.25. The molecule has 0 aliphatic carbocycles. The van der Waals surface area contributed by atoms with Crippen LogP contribution in [0.15, 0.2) is 10.5 Å². The second-order valence-corrected chi connectivity index (χ2v) is 6.41.